The molecule has 0 spiro atoms. The maximum absolute atomic E-state index is 5.49. The van der Waals surface area contributed by atoms with Gasteiger partial charge in [0.15, 0.2) is 8.07 Å². The summed E-state index contributed by atoms with van der Waals surface area (Å²) in [6, 6.07) is 84.7. The lowest BCUT2D eigenvalue weighted by Gasteiger charge is -2.37. The largest absolute Gasteiger partial charge is 0.277 e. The van der Waals surface area contributed by atoms with E-state index in [1.54, 1.807) is 0 Å². The third kappa shape index (κ3) is 7.16. The third-order valence-corrected chi connectivity index (χ3v) is 18.0. The van der Waals surface area contributed by atoms with E-state index >= 15 is 0 Å². The van der Waals surface area contributed by atoms with Gasteiger partial charge in [-0.15, -0.1) is 0 Å². The summed E-state index contributed by atoms with van der Waals surface area (Å²) >= 11 is 0. The van der Waals surface area contributed by atoms with Gasteiger partial charge < -0.3 is 0 Å². The van der Waals surface area contributed by atoms with Gasteiger partial charge in [0.25, 0.3) is 0 Å². The first-order valence-electron chi connectivity index (χ1n) is 23.1. The van der Waals surface area contributed by atoms with Crippen molar-refractivity contribution in [2.24, 2.45) is 0 Å². The average molecular weight is 905 g/mol. The number of aromatic amines is 4. The van der Waals surface area contributed by atoms with Crippen LogP contribution in [0.15, 0.2) is 243 Å². The average Bonchev–Trinajstić information content (AvgIpc) is 4.28. The highest BCUT2D eigenvalue weighted by Gasteiger charge is 2.57. The molecule has 328 valence electrons. The van der Waals surface area contributed by atoms with Crippen LogP contribution in [0.1, 0.15) is 0 Å². The Balaban J connectivity index is 1.44. The van der Waals surface area contributed by atoms with Crippen LogP contribution in [-0.4, -0.2) is 48.9 Å². The maximum atomic E-state index is 5.49. The summed E-state index contributed by atoms with van der Waals surface area (Å²) < 4.78 is 0. The van der Waals surface area contributed by atoms with E-state index in [0.29, 0.717) is 0 Å². The van der Waals surface area contributed by atoms with Crippen LogP contribution in [0.5, 0.6) is 0 Å². The summed E-state index contributed by atoms with van der Waals surface area (Å²) in [6.07, 6.45) is 0. The first kappa shape index (κ1) is 41.3. The molecule has 4 heterocycles. The zero-order valence-corrected chi connectivity index (χ0v) is 38.4. The SMILES string of the molecule is c1ccc(-c2n[nH]c(-c3ccccc3)c2[Si](c2c(-c3ccccc3)n[nH]c2-c2ccccc2)(c2c(-c3ccccc3)n[nH]c2-c2ccccc2)c2c(-c3ccccc3)n[nH]c2-c2ccccc2)cc1. The van der Waals surface area contributed by atoms with Crippen molar-refractivity contribution in [3.05, 3.63) is 243 Å². The van der Waals surface area contributed by atoms with Crippen molar-refractivity contribution in [2.45, 2.75) is 0 Å². The van der Waals surface area contributed by atoms with Crippen LogP contribution >= 0.6 is 0 Å². The summed E-state index contributed by atoms with van der Waals surface area (Å²) in [7, 11) is -4.28. The summed E-state index contributed by atoms with van der Waals surface area (Å²) in [6.45, 7) is 0. The molecule has 0 saturated heterocycles. The molecule has 12 aromatic rings. The Hall–Kier alpha value is -9.18. The number of nitrogens with one attached hydrogen (secondary N) is 4. The van der Waals surface area contributed by atoms with Crippen LogP contribution in [0, 0.1) is 0 Å². The molecule has 0 radical (unpaired) electrons. The Labute approximate surface area is 400 Å². The fraction of sp³-hybridized carbons (Fsp3) is 0. The molecule has 0 atom stereocenters. The first-order valence-corrected chi connectivity index (χ1v) is 25.1. The molecule has 8 aromatic carbocycles. The lowest BCUT2D eigenvalue weighted by atomic mass is 10.1. The molecular formula is C60H44N8Si. The predicted molar refractivity (Wildman–Crippen MR) is 282 cm³/mol. The van der Waals surface area contributed by atoms with Crippen LogP contribution in [0.2, 0.25) is 0 Å². The molecule has 0 fully saturated rings. The van der Waals surface area contributed by atoms with Gasteiger partial charge in [-0.3, -0.25) is 20.4 Å². The number of rotatable bonds is 12. The maximum Gasteiger partial charge on any atom is 0.200 e. The van der Waals surface area contributed by atoms with Crippen molar-refractivity contribution in [1.29, 1.82) is 0 Å². The van der Waals surface area contributed by atoms with Gasteiger partial charge in [0.1, 0.15) is 0 Å². The van der Waals surface area contributed by atoms with E-state index in [2.05, 4.69) is 263 Å². The van der Waals surface area contributed by atoms with Crippen LogP contribution in [0.25, 0.3) is 90.1 Å². The van der Waals surface area contributed by atoms with E-state index in [-0.39, 0.29) is 0 Å². The quantitative estimate of drug-likeness (QED) is 0.0914. The molecule has 0 saturated carbocycles. The van der Waals surface area contributed by atoms with Crippen LogP contribution in [0.3, 0.4) is 0 Å². The highest BCUT2D eigenvalue weighted by Crippen LogP contribution is 2.38. The Morgan fingerprint density at radius 1 is 0.203 bits per heavy atom. The van der Waals surface area contributed by atoms with Gasteiger partial charge in [-0.1, -0.05) is 243 Å². The van der Waals surface area contributed by atoms with E-state index in [1.165, 1.54) is 0 Å². The number of hydrogen-bond acceptors (Lipinski definition) is 4. The fourth-order valence-electron chi connectivity index (χ4n) is 10.1. The molecule has 0 unspecified atom stereocenters. The number of H-pyrrole nitrogens is 4. The first-order chi connectivity index (χ1) is 34.3. The van der Waals surface area contributed by atoms with Crippen molar-refractivity contribution in [2.75, 3.05) is 0 Å². The van der Waals surface area contributed by atoms with Gasteiger partial charge in [0.05, 0.1) is 45.6 Å². The van der Waals surface area contributed by atoms with Gasteiger partial charge in [0.2, 0.25) is 0 Å². The molecule has 0 amide bonds. The highest BCUT2D eigenvalue weighted by molar-refractivity contribution is 7.23. The van der Waals surface area contributed by atoms with Crippen molar-refractivity contribution in [3.63, 3.8) is 0 Å². The molecular weight excluding hydrogens is 861 g/mol. The fourth-order valence-corrected chi connectivity index (χ4v) is 16.1. The molecule has 4 aromatic heterocycles. The predicted octanol–water partition coefficient (Wildman–Crippen LogP) is 11.3. The summed E-state index contributed by atoms with van der Waals surface area (Å²) in [4.78, 5) is 0. The minimum absolute atomic E-state index is 0.818. The smallest absolute Gasteiger partial charge is 0.200 e. The summed E-state index contributed by atoms with van der Waals surface area (Å²) in [5, 5.41) is 41.0. The minimum atomic E-state index is -4.28. The Bertz CT molecular complexity index is 2910. The lowest BCUT2D eigenvalue weighted by Crippen LogP contribution is -2.77. The molecule has 0 bridgehead atoms. The van der Waals surface area contributed by atoms with Crippen molar-refractivity contribution >= 4 is 28.8 Å². The minimum Gasteiger partial charge on any atom is -0.277 e. The summed E-state index contributed by atoms with van der Waals surface area (Å²) in [5.74, 6) is 0. The van der Waals surface area contributed by atoms with E-state index in [4.69, 9.17) is 20.4 Å². The normalized spacial score (nSPS) is 11.5. The highest BCUT2D eigenvalue weighted by atomic mass is 28.3. The zero-order chi connectivity index (χ0) is 46.0. The van der Waals surface area contributed by atoms with E-state index in [0.717, 1.165) is 111 Å². The van der Waals surface area contributed by atoms with Crippen molar-refractivity contribution < 1.29 is 0 Å². The van der Waals surface area contributed by atoms with Gasteiger partial charge in [0, 0.05) is 43.0 Å². The molecule has 8 nitrogen and oxygen atoms in total. The second-order valence-corrected chi connectivity index (χ2v) is 20.5. The van der Waals surface area contributed by atoms with Crippen molar-refractivity contribution in [1.82, 2.24) is 40.8 Å². The van der Waals surface area contributed by atoms with Gasteiger partial charge in [-0.05, 0) is 22.3 Å². The standard InChI is InChI=1S/C60H44N8Si/c1-9-25-41(26-10-1)49-57(50(62-61-49)42-27-11-2-12-28-42)69(58-51(43-29-13-3-14-30-43)63-64-52(58)44-31-15-4-16-32-44,59-53(45-33-17-5-18-34-45)65-66-54(59)46-35-19-6-20-36-46)60-55(47-37-21-7-22-38-47)67-68-56(60)48-39-23-8-24-40-48/h1-40H,(H,61,62)(H,63,64)(H,65,66)(H,67,68). The molecule has 0 aliphatic carbocycles. The third-order valence-electron chi connectivity index (χ3n) is 13.0. The number of nitrogens with zero attached hydrogens (tertiary/aromatic N) is 4. The number of aromatic nitrogens is 8. The molecule has 12 rings (SSSR count). The Kier molecular flexibility index (Phi) is 10.7. The second kappa shape index (κ2) is 17.9. The Morgan fingerprint density at radius 3 is 0.536 bits per heavy atom. The van der Waals surface area contributed by atoms with Gasteiger partial charge in [-0.25, -0.2) is 0 Å². The molecule has 9 heteroatoms. The summed E-state index contributed by atoms with van der Waals surface area (Å²) in [5.41, 5.74) is 14.6. The van der Waals surface area contributed by atoms with E-state index in [9.17, 15) is 0 Å². The molecule has 4 N–H and O–H groups in total. The van der Waals surface area contributed by atoms with Crippen LogP contribution in [0.4, 0.5) is 0 Å². The number of hydrogen-bond donors (Lipinski definition) is 4. The topological polar surface area (TPSA) is 115 Å². The van der Waals surface area contributed by atoms with Gasteiger partial charge in [-0.2, -0.15) is 20.4 Å². The van der Waals surface area contributed by atoms with E-state index in [1.807, 2.05) is 0 Å². The second-order valence-electron chi connectivity index (χ2n) is 17.0. The zero-order valence-electron chi connectivity index (χ0n) is 37.4. The van der Waals surface area contributed by atoms with Gasteiger partial charge >= 0.3 is 0 Å². The van der Waals surface area contributed by atoms with Crippen LogP contribution in [-0.2, 0) is 0 Å². The van der Waals surface area contributed by atoms with Crippen molar-refractivity contribution in [3.8, 4) is 90.1 Å². The lowest BCUT2D eigenvalue weighted by molar-refractivity contribution is 1.10. The Morgan fingerprint density at radius 2 is 0.362 bits per heavy atom. The van der Waals surface area contributed by atoms with E-state index < -0.39 is 8.07 Å². The molecule has 0 aliphatic heterocycles. The molecule has 0 aliphatic rings. The monoisotopic (exact) mass is 904 g/mol. The van der Waals surface area contributed by atoms with Crippen LogP contribution < -0.4 is 20.7 Å². The molecule has 69 heavy (non-hydrogen) atoms. The number of benzene rings is 8.